The minimum absolute atomic E-state index is 0.117. The Hall–Kier alpha value is -4.14. The Balaban J connectivity index is 1.15. The predicted molar refractivity (Wildman–Crippen MR) is 155 cm³/mol. The van der Waals surface area contributed by atoms with Gasteiger partial charge in [-0.25, -0.2) is 9.78 Å². The van der Waals surface area contributed by atoms with Crippen LogP contribution < -0.4 is 16.0 Å². The van der Waals surface area contributed by atoms with E-state index in [9.17, 15) is 9.59 Å². The van der Waals surface area contributed by atoms with Crippen LogP contribution in [0, 0.1) is 0 Å². The zero-order chi connectivity index (χ0) is 25.6. The van der Waals surface area contributed by atoms with Crippen LogP contribution in [0.2, 0.25) is 0 Å². The molecule has 6 nitrogen and oxygen atoms in total. The van der Waals surface area contributed by atoms with Crippen LogP contribution in [0.15, 0.2) is 107 Å². The number of nitrogens with one attached hydrogen (secondary N) is 3. The fourth-order valence-corrected chi connectivity index (χ4v) is 5.30. The van der Waals surface area contributed by atoms with Gasteiger partial charge in [0.25, 0.3) is 0 Å². The molecule has 0 bridgehead atoms. The second-order valence-electron chi connectivity index (χ2n) is 8.32. The smallest absolute Gasteiger partial charge is 0.308 e. The number of thiazole rings is 1. The second-order valence-corrected chi connectivity index (χ2v) is 10.6. The number of carbonyl (C=O) groups is 2. The molecule has 0 radical (unpaired) electrons. The molecule has 1 heterocycles. The second kappa shape index (κ2) is 11.3. The van der Waals surface area contributed by atoms with Crippen LogP contribution in [0.1, 0.15) is 6.92 Å². The van der Waals surface area contributed by atoms with Crippen LogP contribution in [0.5, 0.6) is 0 Å². The average molecular weight is 525 g/mol. The van der Waals surface area contributed by atoms with E-state index in [4.69, 9.17) is 0 Å². The molecule has 1 aromatic heterocycles. The molecule has 1 atom stereocenters. The van der Waals surface area contributed by atoms with Crippen LogP contribution in [0.3, 0.4) is 0 Å². The number of aromatic nitrogens is 1. The highest BCUT2D eigenvalue weighted by atomic mass is 32.2. The molecule has 0 fully saturated rings. The number of amides is 3. The molecular weight excluding hydrogens is 500 g/mol. The van der Waals surface area contributed by atoms with E-state index >= 15 is 0 Å². The average Bonchev–Trinajstić information content (AvgIpc) is 3.38. The molecule has 0 spiro atoms. The summed E-state index contributed by atoms with van der Waals surface area (Å²) in [6.45, 7) is 1.86. The van der Waals surface area contributed by atoms with E-state index in [0.29, 0.717) is 10.8 Å². The molecule has 0 aliphatic carbocycles. The first kappa shape index (κ1) is 24.5. The third-order valence-electron chi connectivity index (χ3n) is 5.61. The standard InChI is InChI=1S/C29H24N4O2S2/c1-19(37-25-15-13-24(14-16-25)31-28(35)30-23-9-3-2-4-10-23)27(34)33-29-32-26(18-36-29)22-12-11-20-7-5-6-8-21(20)17-22/h2-19H,1H3,(H2,30,31,35)(H,32,33,34). The number of fused-ring (bicyclic) bond motifs is 1. The van der Waals surface area contributed by atoms with Crippen molar-refractivity contribution >= 4 is 62.3 Å². The Kier molecular flexibility index (Phi) is 7.49. The maximum absolute atomic E-state index is 12.8. The van der Waals surface area contributed by atoms with Gasteiger partial charge in [-0.2, -0.15) is 0 Å². The molecule has 0 saturated carbocycles. The molecule has 4 aromatic carbocycles. The maximum Gasteiger partial charge on any atom is 0.323 e. The summed E-state index contributed by atoms with van der Waals surface area (Å²) in [5, 5.41) is 13.1. The lowest BCUT2D eigenvalue weighted by Gasteiger charge is -2.11. The molecule has 5 aromatic rings. The Morgan fingerprint density at radius 1 is 0.784 bits per heavy atom. The summed E-state index contributed by atoms with van der Waals surface area (Å²) >= 11 is 2.85. The van der Waals surface area contributed by atoms with Gasteiger partial charge in [0.05, 0.1) is 10.9 Å². The van der Waals surface area contributed by atoms with E-state index < -0.39 is 0 Å². The fourth-order valence-electron chi connectivity index (χ4n) is 3.71. The van der Waals surface area contributed by atoms with Gasteiger partial charge >= 0.3 is 6.03 Å². The molecule has 5 rings (SSSR count). The number of para-hydroxylation sites is 1. The van der Waals surface area contributed by atoms with Crippen molar-refractivity contribution in [3.8, 4) is 11.3 Å². The quantitative estimate of drug-likeness (QED) is 0.190. The van der Waals surface area contributed by atoms with Gasteiger partial charge in [0, 0.05) is 27.2 Å². The minimum atomic E-state index is -0.326. The van der Waals surface area contributed by atoms with Crippen molar-refractivity contribution < 1.29 is 9.59 Å². The van der Waals surface area contributed by atoms with Gasteiger partial charge in [0.15, 0.2) is 5.13 Å². The van der Waals surface area contributed by atoms with Gasteiger partial charge in [-0.05, 0) is 60.2 Å². The number of hydrogen-bond donors (Lipinski definition) is 3. The highest BCUT2D eigenvalue weighted by Crippen LogP contribution is 2.29. The first-order chi connectivity index (χ1) is 18.0. The van der Waals surface area contributed by atoms with Crippen LogP contribution in [-0.4, -0.2) is 22.2 Å². The maximum atomic E-state index is 12.8. The molecule has 3 amide bonds. The van der Waals surface area contributed by atoms with Crippen molar-refractivity contribution in [1.29, 1.82) is 0 Å². The van der Waals surface area contributed by atoms with Crippen LogP contribution >= 0.6 is 23.1 Å². The minimum Gasteiger partial charge on any atom is -0.308 e. The lowest BCUT2D eigenvalue weighted by molar-refractivity contribution is -0.115. The van der Waals surface area contributed by atoms with E-state index in [2.05, 4.69) is 45.2 Å². The van der Waals surface area contributed by atoms with Crippen LogP contribution in [-0.2, 0) is 4.79 Å². The van der Waals surface area contributed by atoms with Gasteiger partial charge in [-0.1, -0.05) is 54.6 Å². The zero-order valence-corrected chi connectivity index (χ0v) is 21.6. The number of thioether (sulfide) groups is 1. The molecular formula is C29H24N4O2S2. The van der Waals surface area contributed by atoms with Crippen molar-refractivity contribution in [3.05, 3.63) is 102 Å². The Labute approximate surface area is 223 Å². The number of rotatable bonds is 7. The Morgan fingerprint density at radius 2 is 1.46 bits per heavy atom. The van der Waals surface area contributed by atoms with E-state index in [-0.39, 0.29) is 17.2 Å². The first-order valence-corrected chi connectivity index (χ1v) is 13.4. The number of urea groups is 1. The Morgan fingerprint density at radius 3 is 2.22 bits per heavy atom. The van der Waals surface area contributed by atoms with E-state index in [0.717, 1.165) is 27.2 Å². The first-order valence-electron chi connectivity index (χ1n) is 11.7. The number of benzene rings is 4. The van der Waals surface area contributed by atoms with Crippen LogP contribution in [0.25, 0.3) is 22.0 Å². The molecule has 8 heteroatoms. The van der Waals surface area contributed by atoms with Gasteiger partial charge < -0.3 is 16.0 Å². The topological polar surface area (TPSA) is 83.1 Å². The van der Waals surface area contributed by atoms with Crippen molar-refractivity contribution in [2.24, 2.45) is 0 Å². The third kappa shape index (κ3) is 6.35. The summed E-state index contributed by atoms with van der Waals surface area (Å²) in [6, 6.07) is 30.8. The van der Waals surface area contributed by atoms with Gasteiger partial charge in [-0.3, -0.25) is 4.79 Å². The van der Waals surface area contributed by atoms with Gasteiger partial charge in [0.2, 0.25) is 5.91 Å². The number of nitrogens with zero attached hydrogens (tertiary/aromatic N) is 1. The highest BCUT2D eigenvalue weighted by molar-refractivity contribution is 8.00. The Bertz CT molecular complexity index is 1530. The molecule has 0 saturated heterocycles. The highest BCUT2D eigenvalue weighted by Gasteiger charge is 2.17. The third-order valence-corrected chi connectivity index (χ3v) is 7.48. The van der Waals surface area contributed by atoms with E-state index in [1.807, 2.05) is 85.1 Å². The normalized spacial score (nSPS) is 11.6. The monoisotopic (exact) mass is 524 g/mol. The van der Waals surface area contributed by atoms with Crippen LogP contribution in [0.4, 0.5) is 21.3 Å². The summed E-state index contributed by atoms with van der Waals surface area (Å²) in [7, 11) is 0. The lowest BCUT2D eigenvalue weighted by Crippen LogP contribution is -2.22. The molecule has 1 unspecified atom stereocenters. The summed E-state index contributed by atoms with van der Waals surface area (Å²) in [6.07, 6.45) is 0. The molecule has 0 aliphatic heterocycles. The molecule has 184 valence electrons. The zero-order valence-electron chi connectivity index (χ0n) is 20.0. The summed E-state index contributed by atoms with van der Waals surface area (Å²) in [4.78, 5) is 30.5. The van der Waals surface area contributed by atoms with Crippen molar-refractivity contribution in [2.75, 3.05) is 16.0 Å². The lowest BCUT2D eigenvalue weighted by atomic mass is 10.1. The molecule has 37 heavy (non-hydrogen) atoms. The SMILES string of the molecule is CC(Sc1ccc(NC(=O)Nc2ccccc2)cc1)C(=O)Nc1nc(-c2ccc3ccccc3c2)cs1. The molecule has 3 N–H and O–H groups in total. The van der Waals surface area contributed by atoms with Crippen molar-refractivity contribution in [3.63, 3.8) is 0 Å². The van der Waals surface area contributed by atoms with Crippen molar-refractivity contribution in [2.45, 2.75) is 17.1 Å². The number of anilines is 3. The number of hydrogen-bond acceptors (Lipinski definition) is 5. The predicted octanol–water partition coefficient (Wildman–Crippen LogP) is 7.73. The van der Waals surface area contributed by atoms with E-state index in [1.165, 1.54) is 28.5 Å². The van der Waals surface area contributed by atoms with Crippen molar-refractivity contribution in [1.82, 2.24) is 4.98 Å². The molecule has 0 aliphatic rings. The van der Waals surface area contributed by atoms with Gasteiger partial charge in [-0.15, -0.1) is 23.1 Å². The summed E-state index contributed by atoms with van der Waals surface area (Å²) in [5.74, 6) is -0.117. The summed E-state index contributed by atoms with van der Waals surface area (Å²) in [5.41, 5.74) is 3.24. The largest absolute Gasteiger partial charge is 0.323 e. The summed E-state index contributed by atoms with van der Waals surface area (Å²) < 4.78 is 0. The van der Waals surface area contributed by atoms with Gasteiger partial charge in [0.1, 0.15) is 0 Å². The number of carbonyl (C=O) groups excluding carboxylic acids is 2. The fraction of sp³-hybridized carbons (Fsp3) is 0.0690. The van der Waals surface area contributed by atoms with E-state index in [1.54, 1.807) is 0 Å².